The highest BCUT2D eigenvalue weighted by atomic mass is 19.3. The maximum absolute atomic E-state index is 12.2. The molecule has 1 N–H and O–H groups in total. The van der Waals surface area contributed by atoms with Crippen LogP contribution >= 0.6 is 0 Å². The van der Waals surface area contributed by atoms with Crippen molar-refractivity contribution in [1.82, 2.24) is 10.2 Å². The molecule has 0 aliphatic carbocycles. The van der Waals surface area contributed by atoms with Gasteiger partial charge in [-0.25, -0.2) is 8.78 Å². The number of nitrogens with zero attached hydrogens (tertiary/aromatic N) is 1. The summed E-state index contributed by atoms with van der Waals surface area (Å²) in [6.07, 6.45) is -2.17. The lowest BCUT2D eigenvalue weighted by Crippen LogP contribution is -2.43. The minimum Gasteiger partial charge on any atom is -0.320 e. The van der Waals surface area contributed by atoms with E-state index in [1.165, 1.54) is 4.90 Å². The van der Waals surface area contributed by atoms with Crippen molar-refractivity contribution in [1.29, 1.82) is 0 Å². The summed E-state index contributed by atoms with van der Waals surface area (Å²) in [6, 6.07) is 0. The number of carbonyl (C=O) groups is 1. The molecular formula is C9H16F2N2O. The van der Waals surface area contributed by atoms with Crippen LogP contribution in [0.5, 0.6) is 0 Å². The van der Waals surface area contributed by atoms with Gasteiger partial charge in [-0.15, -0.1) is 0 Å². The lowest BCUT2D eigenvalue weighted by atomic mass is 9.99. The van der Waals surface area contributed by atoms with Gasteiger partial charge in [-0.2, -0.15) is 0 Å². The molecule has 0 aromatic heterocycles. The van der Waals surface area contributed by atoms with Crippen molar-refractivity contribution >= 4 is 5.91 Å². The Bertz CT molecular complexity index is 235. The van der Waals surface area contributed by atoms with Gasteiger partial charge in [0, 0.05) is 0 Å². The molecule has 1 amide bonds. The molecule has 14 heavy (non-hydrogen) atoms. The van der Waals surface area contributed by atoms with Gasteiger partial charge in [-0.05, 0) is 20.3 Å². The summed E-state index contributed by atoms with van der Waals surface area (Å²) in [5.41, 5.74) is -0.672. The average Bonchev–Trinajstić information content (AvgIpc) is 2.30. The fourth-order valence-corrected chi connectivity index (χ4v) is 1.74. The molecule has 5 heteroatoms. The highest BCUT2D eigenvalue weighted by molar-refractivity contribution is 5.88. The van der Waals surface area contributed by atoms with E-state index in [9.17, 15) is 13.6 Å². The van der Waals surface area contributed by atoms with Crippen LogP contribution in [0.2, 0.25) is 0 Å². The molecular weight excluding hydrogens is 190 g/mol. The maximum atomic E-state index is 12.2. The first-order chi connectivity index (χ1) is 6.40. The van der Waals surface area contributed by atoms with E-state index in [1.807, 2.05) is 6.92 Å². The number of nitrogens with one attached hydrogen (secondary N) is 1. The second kappa shape index (κ2) is 3.81. The molecule has 0 saturated carbocycles. The van der Waals surface area contributed by atoms with Gasteiger partial charge in [0.25, 0.3) is 6.43 Å². The lowest BCUT2D eigenvalue weighted by Gasteiger charge is -2.21. The number of hydrogen-bond acceptors (Lipinski definition) is 2. The summed E-state index contributed by atoms with van der Waals surface area (Å²) >= 11 is 0. The topological polar surface area (TPSA) is 32.3 Å². The van der Waals surface area contributed by atoms with E-state index in [2.05, 4.69) is 5.32 Å². The maximum Gasteiger partial charge on any atom is 0.255 e. The predicted molar refractivity (Wildman–Crippen MR) is 49.0 cm³/mol. The summed E-state index contributed by atoms with van der Waals surface area (Å²) < 4.78 is 24.3. The van der Waals surface area contributed by atoms with Crippen molar-refractivity contribution in [2.45, 2.75) is 45.3 Å². The van der Waals surface area contributed by atoms with E-state index in [-0.39, 0.29) is 12.1 Å². The molecule has 2 atom stereocenters. The zero-order valence-corrected chi connectivity index (χ0v) is 8.68. The molecule has 1 saturated heterocycles. The van der Waals surface area contributed by atoms with E-state index < -0.39 is 18.5 Å². The Morgan fingerprint density at radius 1 is 1.64 bits per heavy atom. The van der Waals surface area contributed by atoms with E-state index in [1.54, 1.807) is 13.8 Å². The Morgan fingerprint density at radius 3 is 2.57 bits per heavy atom. The van der Waals surface area contributed by atoms with Crippen LogP contribution < -0.4 is 5.32 Å². The van der Waals surface area contributed by atoms with Crippen molar-refractivity contribution < 1.29 is 13.6 Å². The Hall–Kier alpha value is -0.710. The SMILES string of the molecule is CCC1(C)NC(C)N(CC(F)F)C1=O. The standard InChI is InChI=1S/C9H16F2N2O/c1-4-9(3)8(14)13(5-7(10)11)6(2)12-9/h6-7,12H,4-5H2,1-3H3. The van der Waals surface area contributed by atoms with Crippen molar-refractivity contribution in [2.75, 3.05) is 6.54 Å². The van der Waals surface area contributed by atoms with Crippen molar-refractivity contribution in [3.63, 3.8) is 0 Å². The van der Waals surface area contributed by atoms with Crippen molar-refractivity contribution in [2.24, 2.45) is 0 Å². The smallest absolute Gasteiger partial charge is 0.255 e. The molecule has 0 spiro atoms. The van der Waals surface area contributed by atoms with Crippen molar-refractivity contribution in [3.05, 3.63) is 0 Å². The third kappa shape index (κ3) is 1.87. The van der Waals surface area contributed by atoms with Gasteiger partial charge in [0.1, 0.15) is 0 Å². The molecule has 1 aliphatic heterocycles. The molecule has 1 fully saturated rings. The summed E-state index contributed by atoms with van der Waals surface area (Å²) in [5.74, 6) is -0.229. The first kappa shape index (κ1) is 11.4. The zero-order valence-electron chi connectivity index (χ0n) is 8.68. The van der Waals surface area contributed by atoms with E-state index in [4.69, 9.17) is 0 Å². The number of rotatable bonds is 3. The molecule has 0 bridgehead atoms. The van der Waals surface area contributed by atoms with Crippen LogP contribution in [0.25, 0.3) is 0 Å². The van der Waals surface area contributed by atoms with E-state index in [0.29, 0.717) is 6.42 Å². The summed E-state index contributed by atoms with van der Waals surface area (Å²) in [5, 5.41) is 3.03. The van der Waals surface area contributed by atoms with Gasteiger partial charge >= 0.3 is 0 Å². The van der Waals surface area contributed by atoms with E-state index in [0.717, 1.165) is 0 Å². The Kier molecular flexibility index (Phi) is 3.09. The van der Waals surface area contributed by atoms with Gasteiger partial charge in [-0.3, -0.25) is 10.1 Å². The molecule has 1 aliphatic rings. The van der Waals surface area contributed by atoms with Crippen LogP contribution in [0.1, 0.15) is 27.2 Å². The fraction of sp³-hybridized carbons (Fsp3) is 0.889. The first-order valence-corrected chi connectivity index (χ1v) is 4.77. The minimum absolute atomic E-state index is 0.229. The number of halogens is 2. The summed E-state index contributed by atoms with van der Waals surface area (Å²) in [4.78, 5) is 12.9. The van der Waals surface area contributed by atoms with Crippen LogP contribution in [-0.4, -0.2) is 35.5 Å². The van der Waals surface area contributed by atoms with Crippen LogP contribution in [0.15, 0.2) is 0 Å². The first-order valence-electron chi connectivity index (χ1n) is 4.77. The lowest BCUT2D eigenvalue weighted by molar-refractivity contribution is -0.134. The van der Waals surface area contributed by atoms with Gasteiger partial charge in [0.2, 0.25) is 5.91 Å². The third-order valence-electron chi connectivity index (χ3n) is 2.77. The molecule has 0 aromatic rings. The molecule has 3 nitrogen and oxygen atoms in total. The quantitative estimate of drug-likeness (QED) is 0.752. The Morgan fingerprint density at radius 2 is 2.21 bits per heavy atom. The number of amides is 1. The summed E-state index contributed by atoms with van der Waals surface area (Å²) in [7, 11) is 0. The average molecular weight is 206 g/mol. The molecule has 1 heterocycles. The predicted octanol–water partition coefficient (Wildman–Crippen LogP) is 1.20. The van der Waals surface area contributed by atoms with Gasteiger partial charge in [-0.1, -0.05) is 6.92 Å². The van der Waals surface area contributed by atoms with Gasteiger partial charge < -0.3 is 4.90 Å². The van der Waals surface area contributed by atoms with E-state index >= 15 is 0 Å². The molecule has 0 aromatic carbocycles. The number of carbonyl (C=O) groups excluding carboxylic acids is 1. The van der Waals surface area contributed by atoms with Crippen LogP contribution in [-0.2, 0) is 4.79 Å². The monoisotopic (exact) mass is 206 g/mol. The second-order valence-electron chi connectivity index (χ2n) is 3.85. The molecule has 1 rings (SSSR count). The largest absolute Gasteiger partial charge is 0.320 e. The van der Waals surface area contributed by atoms with Crippen LogP contribution in [0, 0.1) is 0 Å². The van der Waals surface area contributed by atoms with Crippen LogP contribution in [0.4, 0.5) is 8.78 Å². The van der Waals surface area contributed by atoms with Gasteiger partial charge in [0.05, 0.1) is 18.2 Å². The Labute approximate surface area is 82.5 Å². The van der Waals surface area contributed by atoms with Crippen LogP contribution in [0.3, 0.4) is 0 Å². The third-order valence-corrected chi connectivity index (χ3v) is 2.77. The van der Waals surface area contributed by atoms with Gasteiger partial charge in [0.15, 0.2) is 0 Å². The molecule has 82 valence electrons. The highest BCUT2D eigenvalue weighted by Crippen LogP contribution is 2.23. The molecule has 0 radical (unpaired) electrons. The fourth-order valence-electron chi connectivity index (χ4n) is 1.74. The summed E-state index contributed by atoms with van der Waals surface area (Å²) in [6.45, 7) is 4.85. The van der Waals surface area contributed by atoms with Crippen molar-refractivity contribution in [3.8, 4) is 0 Å². The molecule has 2 unspecified atom stereocenters. The number of alkyl halides is 2. The Balaban J connectivity index is 2.75. The second-order valence-corrected chi connectivity index (χ2v) is 3.85. The normalized spacial score (nSPS) is 33.1. The highest BCUT2D eigenvalue weighted by Gasteiger charge is 2.45. The minimum atomic E-state index is -2.47. The number of hydrogen-bond donors (Lipinski definition) is 1. The zero-order chi connectivity index (χ0) is 10.9.